The van der Waals surface area contributed by atoms with Crippen LogP contribution in [0.1, 0.15) is 22.8 Å². The molecular formula is C16H16O3. The van der Waals surface area contributed by atoms with Gasteiger partial charge in [0.2, 0.25) is 0 Å². The van der Waals surface area contributed by atoms with Crippen molar-refractivity contribution in [1.29, 1.82) is 0 Å². The van der Waals surface area contributed by atoms with Crippen LogP contribution in [0.2, 0.25) is 0 Å². The number of aliphatic hydroxyl groups excluding tert-OH is 1. The number of para-hydroxylation sites is 1. The summed E-state index contributed by atoms with van der Waals surface area (Å²) in [5.41, 5.74) is 1.62. The smallest absolute Gasteiger partial charge is 0.159 e. The molecule has 0 aromatic heterocycles. The SMILES string of the molecule is CC(=O)c1ccc(Oc2ccccc2CCO)cc1. The summed E-state index contributed by atoms with van der Waals surface area (Å²) in [6.07, 6.45) is 0.557. The summed E-state index contributed by atoms with van der Waals surface area (Å²) < 4.78 is 5.77. The Morgan fingerprint density at radius 3 is 2.42 bits per heavy atom. The van der Waals surface area contributed by atoms with Crippen LogP contribution >= 0.6 is 0 Å². The van der Waals surface area contributed by atoms with Crippen molar-refractivity contribution in [1.82, 2.24) is 0 Å². The quantitative estimate of drug-likeness (QED) is 0.835. The number of rotatable bonds is 5. The highest BCUT2D eigenvalue weighted by Gasteiger charge is 2.05. The minimum absolute atomic E-state index is 0.0345. The Labute approximate surface area is 112 Å². The lowest BCUT2D eigenvalue weighted by Gasteiger charge is -2.10. The van der Waals surface area contributed by atoms with Crippen molar-refractivity contribution in [3.05, 3.63) is 59.7 Å². The van der Waals surface area contributed by atoms with E-state index in [9.17, 15) is 4.79 Å². The highest BCUT2D eigenvalue weighted by Crippen LogP contribution is 2.25. The summed E-state index contributed by atoms with van der Waals surface area (Å²) >= 11 is 0. The van der Waals surface area contributed by atoms with Gasteiger partial charge in [0.05, 0.1) is 0 Å². The molecule has 0 aliphatic carbocycles. The predicted octanol–water partition coefficient (Wildman–Crippen LogP) is 3.22. The van der Waals surface area contributed by atoms with Gasteiger partial charge < -0.3 is 9.84 Å². The largest absolute Gasteiger partial charge is 0.457 e. The number of carbonyl (C=O) groups is 1. The van der Waals surface area contributed by atoms with Crippen LogP contribution in [0.25, 0.3) is 0 Å². The lowest BCUT2D eigenvalue weighted by atomic mass is 10.1. The molecule has 0 saturated carbocycles. The summed E-state index contributed by atoms with van der Waals surface area (Å²) in [6.45, 7) is 1.62. The molecule has 0 amide bonds. The molecule has 0 aliphatic heterocycles. The minimum atomic E-state index is 0.0345. The number of benzene rings is 2. The van der Waals surface area contributed by atoms with Crippen LogP contribution in [-0.2, 0) is 6.42 Å². The fourth-order valence-corrected chi connectivity index (χ4v) is 1.82. The normalized spacial score (nSPS) is 10.2. The van der Waals surface area contributed by atoms with Gasteiger partial charge in [-0.1, -0.05) is 18.2 Å². The van der Waals surface area contributed by atoms with Gasteiger partial charge in [0.1, 0.15) is 11.5 Å². The Balaban J connectivity index is 2.19. The third-order valence-corrected chi connectivity index (χ3v) is 2.84. The Morgan fingerprint density at radius 1 is 1.11 bits per heavy atom. The second-order valence-corrected chi connectivity index (χ2v) is 4.26. The first-order chi connectivity index (χ1) is 9.20. The fourth-order valence-electron chi connectivity index (χ4n) is 1.82. The van der Waals surface area contributed by atoms with Gasteiger partial charge >= 0.3 is 0 Å². The zero-order valence-corrected chi connectivity index (χ0v) is 10.8. The van der Waals surface area contributed by atoms with Crippen molar-refractivity contribution in [2.45, 2.75) is 13.3 Å². The average Bonchev–Trinajstić information content (AvgIpc) is 2.42. The number of Topliss-reactive ketones (excluding diaryl/α,β-unsaturated/α-hetero) is 1. The van der Waals surface area contributed by atoms with Gasteiger partial charge in [-0.15, -0.1) is 0 Å². The topological polar surface area (TPSA) is 46.5 Å². The molecule has 1 N–H and O–H groups in total. The van der Waals surface area contributed by atoms with Crippen molar-refractivity contribution in [3.63, 3.8) is 0 Å². The Morgan fingerprint density at radius 2 is 1.79 bits per heavy atom. The van der Waals surface area contributed by atoms with Crippen molar-refractivity contribution >= 4 is 5.78 Å². The van der Waals surface area contributed by atoms with Gasteiger partial charge in [-0.2, -0.15) is 0 Å². The highest BCUT2D eigenvalue weighted by atomic mass is 16.5. The number of ether oxygens (including phenoxy) is 1. The van der Waals surface area contributed by atoms with E-state index in [-0.39, 0.29) is 12.4 Å². The molecule has 0 radical (unpaired) electrons. The van der Waals surface area contributed by atoms with Gasteiger partial charge in [-0.3, -0.25) is 4.79 Å². The molecule has 2 rings (SSSR count). The van der Waals surface area contributed by atoms with E-state index in [1.165, 1.54) is 6.92 Å². The molecule has 3 nitrogen and oxygen atoms in total. The van der Waals surface area contributed by atoms with E-state index in [0.717, 1.165) is 11.3 Å². The average molecular weight is 256 g/mol. The number of aliphatic hydroxyl groups is 1. The molecule has 2 aromatic carbocycles. The zero-order chi connectivity index (χ0) is 13.7. The van der Waals surface area contributed by atoms with Crippen LogP contribution in [0.15, 0.2) is 48.5 Å². The Kier molecular flexibility index (Phi) is 4.31. The monoisotopic (exact) mass is 256 g/mol. The van der Waals surface area contributed by atoms with Gasteiger partial charge in [0, 0.05) is 12.2 Å². The summed E-state index contributed by atoms with van der Waals surface area (Å²) in [4.78, 5) is 11.2. The van der Waals surface area contributed by atoms with Crippen LogP contribution in [0.5, 0.6) is 11.5 Å². The third kappa shape index (κ3) is 3.42. The second-order valence-electron chi connectivity index (χ2n) is 4.26. The molecule has 0 aliphatic rings. The number of hydrogen-bond acceptors (Lipinski definition) is 3. The molecule has 2 aromatic rings. The molecular weight excluding hydrogens is 240 g/mol. The summed E-state index contributed by atoms with van der Waals surface area (Å²) in [7, 11) is 0. The number of ketones is 1. The van der Waals surface area contributed by atoms with Crippen molar-refractivity contribution < 1.29 is 14.6 Å². The van der Waals surface area contributed by atoms with E-state index in [1.807, 2.05) is 24.3 Å². The Hall–Kier alpha value is -2.13. The van der Waals surface area contributed by atoms with Gasteiger partial charge in [0.25, 0.3) is 0 Å². The van der Waals surface area contributed by atoms with E-state index >= 15 is 0 Å². The van der Waals surface area contributed by atoms with E-state index < -0.39 is 0 Å². The molecule has 0 unspecified atom stereocenters. The van der Waals surface area contributed by atoms with Gasteiger partial charge in [-0.25, -0.2) is 0 Å². The second kappa shape index (κ2) is 6.16. The lowest BCUT2D eigenvalue weighted by molar-refractivity contribution is 0.101. The standard InChI is InChI=1S/C16H16O3/c1-12(18)13-6-8-15(9-7-13)19-16-5-3-2-4-14(16)10-11-17/h2-9,17H,10-11H2,1H3. The summed E-state index contributed by atoms with van der Waals surface area (Å²) in [6, 6.07) is 14.6. The lowest BCUT2D eigenvalue weighted by Crippen LogP contribution is -1.96. The van der Waals surface area contributed by atoms with Crippen molar-refractivity contribution in [3.8, 4) is 11.5 Å². The molecule has 0 spiro atoms. The summed E-state index contributed by atoms with van der Waals surface area (Å²) in [5.74, 6) is 1.44. The van der Waals surface area contributed by atoms with Crippen LogP contribution in [0.4, 0.5) is 0 Å². The molecule has 0 atom stereocenters. The molecule has 0 fully saturated rings. The maximum absolute atomic E-state index is 11.2. The van der Waals surface area contributed by atoms with E-state index in [4.69, 9.17) is 9.84 Å². The third-order valence-electron chi connectivity index (χ3n) is 2.84. The van der Waals surface area contributed by atoms with Gasteiger partial charge in [-0.05, 0) is 49.2 Å². The van der Waals surface area contributed by atoms with Crippen LogP contribution < -0.4 is 4.74 Å². The van der Waals surface area contributed by atoms with Crippen LogP contribution in [-0.4, -0.2) is 17.5 Å². The first-order valence-corrected chi connectivity index (χ1v) is 6.18. The molecule has 98 valence electrons. The first-order valence-electron chi connectivity index (χ1n) is 6.18. The predicted molar refractivity (Wildman–Crippen MR) is 73.8 cm³/mol. The number of carbonyl (C=O) groups excluding carboxylic acids is 1. The maximum Gasteiger partial charge on any atom is 0.159 e. The van der Waals surface area contributed by atoms with Crippen LogP contribution in [0, 0.1) is 0 Å². The molecule has 0 bridgehead atoms. The van der Waals surface area contributed by atoms with Crippen molar-refractivity contribution in [2.24, 2.45) is 0 Å². The maximum atomic E-state index is 11.2. The van der Waals surface area contributed by atoms with Crippen LogP contribution in [0.3, 0.4) is 0 Å². The van der Waals surface area contributed by atoms with E-state index in [0.29, 0.717) is 17.7 Å². The minimum Gasteiger partial charge on any atom is -0.457 e. The van der Waals surface area contributed by atoms with E-state index in [2.05, 4.69) is 0 Å². The molecule has 19 heavy (non-hydrogen) atoms. The molecule has 3 heteroatoms. The van der Waals surface area contributed by atoms with Crippen molar-refractivity contribution in [2.75, 3.05) is 6.61 Å². The fraction of sp³-hybridized carbons (Fsp3) is 0.188. The molecule has 0 heterocycles. The number of hydrogen-bond donors (Lipinski definition) is 1. The highest BCUT2D eigenvalue weighted by molar-refractivity contribution is 5.94. The molecule has 0 saturated heterocycles. The van der Waals surface area contributed by atoms with E-state index in [1.54, 1.807) is 24.3 Å². The summed E-state index contributed by atoms with van der Waals surface area (Å²) in [5, 5.41) is 9.01. The van der Waals surface area contributed by atoms with Gasteiger partial charge in [0.15, 0.2) is 5.78 Å². The Bertz CT molecular complexity index is 558. The first kappa shape index (κ1) is 13.3. The zero-order valence-electron chi connectivity index (χ0n) is 10.8.